The summed E-state index contributed by atoms with van der Waals surface area (Å²) in [5, 5.41) is 2.39. The SMILES string of the molecule is O=C(CCCN1CCN(c2ccccc2)CC1)c1ccc2c(c1)N(Cc1cc(F)ccc1Cl)C(=O)Cc1sccc1-2. The van der Waals surface area contributed by atoms with Gasteiger partial charge in [0.2, 0.25) is 5.91 Å². The number of thiophene rings is 1. The van der Waals surface area contributed by atoms with E-state index in [1.165, 1.54) is 23.9 Å². The third-order valence-corrected chi connectivity index (χ3v) is 9.26. The van der Waals surface area contributed by atoms with E-state index in [1.807, 2.05) is 35.7 Å². The number of carbonyl (C=O) groups is 2. The number of amides is 1. The van der Waals surface area contributed by atoms with Gasteiger partial charge in [0.1, 0.15) is 5.82 Å². The molecule has 6 rings (SSSR count). The van der Waals surface area contributed by atoms with Gasteiger partial charge in [-0.15, -0.1) is 11.3 Å². The van der Waals surface area contributed by atoms with Crippen molar-refractivity contribution >= 4 is 46.0 Å². The van der Waals surface area contributed by atoms with Crippen molar-refractivity contribution in [2.24, 2.45) is 0 Å². The lowest BCUT2D eigenvalue weighted by atomic mass is 9.98. The van der Waals surface area contributed by atoms with E-state index >= 15 is 0 Å². The fraction of sp³-hybridized carbons (Fsp3) is 0.273. The molecule has 0 bridgehead atoms. The monoisotopic (exact) mass is 587 g/mol. The molecule has 2 aliphatic heterocycles. The summed E-state index contributed by atoms with van der Waals surface area (Å²) in [6.45, 7) is 4.92. The van der Waals surface area contributed by atoms with Crippen molar-refractivity contribution in [2.45, 2.75) is 25.8 Å². The quantitative estimate of drug-likeness (QED) is 0.207. The number of hydrogen-bond donors (Lipinski definition) is 0. The second kappa shape index (κ2) is 12.1. The molecule has 0 saturated carbocycles. The Morgan fingerprint density at radius 3 is 2.54 bits per heavy atom. The topological polar surface area (TPSA) is 43.9 Å². The number of para-hydroxylation sites is 1. The molecular formula is C33H31ClFN3O2S. The standard InChI is InChI=1S/C33H31ClFN3O2S/c34-29-11-9-25(35)19-24(29)22-38-30-20-23(8-10-27(30)28-12-18-41-32(28)21-33(38)40)31(39)7-4-13-36-14-16-37(17-15-36)26-5-2-1-3-6-26/h1-3,5-6,8-12,18-20H,4,7,13-17,21-22H2. The van der Waals surface area contributed by atoms with Gasteiger partial charge in [0.25, 0.3) is 0 Å². The van der Waals surface area contributed by atoms with Crippen LogP contribution in [-0.4, -0.2) is 49.3 Å². The van der Waals surface area contributed by atoms with Gasteiger partial charge < -0.3 is 9.80 Å². The first kappa shape index (κ1) is 27.6. The smallest absolute Gasteiger partial charge is 0.232 e. The Kier molecular flexibility index (Phi) is 8.19. The number of Topliss-reactive ketones (excluding diaryl/α,β-unsaturated/α-hetero) is 1. The Labute approximate surface area is 248 Å². The highest BCUT2D eigenvalue weighted by atomic mass is 35.5. The molecular weight excluding hydrogens is 557 g/mol. The van der Waals surface area contributed by atoms with Gasteiger partial charge in [-0.25, -0.2) is 4.39 Å². The molecule has 0 radical (unpaired) electrons. The lowest BCUT2D eigenvalue weighted by molar-refractivity contribution is -0.118. The van der Waals surface area contributed by atoms with Crippen LogP contribution in [0.5, 0.6) is 0 Å². The van der Waals surface area contributed by atoms with Crippen LogP contribution in [0, 0.1) is 5.82 Å². The Hall–Kier alpha value is -3.52. The maximum Gasteiger partial charge on any atom is 0.232 e. The van der Waals surface area contributed by atoms with Crippen molar-refractivity contribution in [3.05, 3.63) is 105 Å². The first-order valence-electron chi connectivity index (χ1n) is 14.0. The van der Waals surface area contributed by atoms with Crippen LogP contribution in [0.4, 0.5) is 15.8 Å². The Balaban J connectivity index is 1.15. The minimum Gasteiger partial charge on any atom is -0.369 e. The van der Waals surface area contributed by atoms with Gasteiger partial charge in [-0.3, -0.25) is 14.5 Å². The average molecular weight is 588 g/mol. The van der Waals surface area contributed by atoms with E-state index < -0.39 is 5.82 Å². The number of piperazine rings is 1. The molecule has 0 atom stereocenters. The van der Waals surface area contributed by atoms with Crippen molar-refractivity contribution in [1.82, 2.24) is 4.90 Å². The Morgan fingerprint density at radius 1 is 0.927 bits per heavy atom. The number of ketones is 1. The molecule has 210 valence electrons. The lowest BCUT2D eigenvalue weighted by Crippen LogP contribution is -2.46. The molecule has 3 aromatic carbocycles. The molecule has 2 aliphatic rings. The largest absolute Gasteiger partial charge is 0.369 e. The maximum absolute atomic E-state index is 14.0. The van der Waals surface area contributed by atoms with Crippen LogP contribution >= 0.6 is 22.9 Å². The molecule has 8 heteroatoms. The highest BCUT2D eigenvalue weighted by Gasteiger charge is 2.28. The molecule has 1 fully saturated rings. The fourth-order valence-corrected chi connectivity index (χ4v) is 6.78. The zero-order valence-corrected chi connectivity index (χ0v) is 24.3. The summed E-state index contributed by atoms with van der Waals surface area (Å²) >= 11 is 7.92. The molecule has 1 saturated heterocycles. The second-order valence-corrected chi connectivity index (χ2v) is 12.0. The van der Waals surface area contributed by atoms with Crippen LogP contribution in [-0.2, 0) is 17.8 Å². The number of anilines is 2. The van der Waals surface area contributed by atoms with Crippen molar-refractivity contribution in [3.8, 4) is 11.1 Å². The number of nitrogens with zero attached hydrogens (tertiary/aromatic N) is 3. The van der Waals surface area contributed by atoms with Crippen molar-refractivity contribution in [2.75, 3.05) is 42.5 Å². The van der Waals surface area contributed by atoms with Gasteiger partial charge in [0.05, 0.1) is 18.7 Å². The van der Waals surface area contributed by atoms with Gasteiger partial charge in [-0.1, -0.05) is 41.9 Å². The molecule has 1 amide bonds. The first-order valence-corrected chi connectivity index (χ1v) is 15.2. The Morgan fingerprint density at radius 2 is 1.73 bits per heavy atom. The summed E-state index contributed by atoms with van der Waals surface area (Å²) in [6.07, 6.45) is 1.46. The highest BCUT2D eigenvalue weighted by Crippen LogP contribution is 2.41. The fourth-order valence-electron chi connectivity index (χ4n) is 5.73. The summed E-state index contributed by atoms with van der Waals surface area (Å²) in [7, 11) is 0. The molecule has 3 heterocycles. The number of fused-ring (bicyclic) bond motifs is 3. The number of benzene rings is 3. The molecule has 0 unspecified atom stereocenters. The highest BCUT2D eigenvalue weighted by molar-refractivity contribution is 7.10. The number of hydrogen-bond acceptors (Lipinski definition) is 5. The van der Waals surface area contributed by atoms with Crippen LogP contribution in [0.25, 0.3) is 11.1 Å². The number of halogens is 2. The first-order chi connectivity index (χ1) is 20.0. The van der Waals surface area contributed by atoms with Crippen LogP contribution in [0.2, 0.25) is 5.02 Å². The van der Waals surface area contributed by atoms with E-state index in [-0.39, 0.29) is 24.7 Å². The second-order valence-electron chi connectivity index (χ2n) is 10.6. The van der Waals surface area contributed by atoms with Crippen LogP contribution < -0.4 is 9.80 Å². The van der Waals surface area contributed by atoms with Gasteiger partial charge >= 0.3 is 0 Å². The van der Waals surface area contributed by atoms with E-state index in [2.05, 4.69) is 34.1 Å². The van der Waals surface area contributed by atoms with E-state index in [0.717, 1.165) is 55.1 Å². The molecule has 1 aromatic heterocycles. The molecule has 41 heavy (non-hydrogen) atoms. The zero-order chi connectivity index (χ0) is 28.3. The molecule has 0 N–H and O–H groups in total. The summed E-state index contributed by atoms with van der Waals surface area (Å²) in [4.78, 5) is 34.3. The normalized spacial score (nSPS) is 15.4. The summed E-state index contributed by atoms with van der Waals surface area (Å²) in [5.74, 6) is -0.454. The number of rotatable bonds is 8. The predicted molar refractivity (Wildman–Crippen MR) is 165 cm³/mol. The van der Waals surface area contributed by atoms with Gasteiger partial charge in [0, 0.05) is 59.3 Å². The molecule has 0 aliphatic carbocycles. The van der Waals surface area contributed by atoms with Gasteiger partial charge in [0.15, 0.2) is 5.78 Å². The average Bonchev–Trinajstić information content (AvgIpc) is 3.42. The van der Waals surface area contributed by atoms with Crippen LogP contribution in [0.3, 0.4) is 0 Å². The van der Waals surface area contributed by atoms with Crippen molar-refractivity contribution < 1.29 is 14.0 Å². The third-order valence-electron chi connectivity index (χ3n) is 7.97. The summed E-state index contributed by atoms with van der Waals surface area (Å²) in [6, 6.07) is 22.3. The van der Waals surface area contributed by atoms with E-state index in [1.54, 1.807) is 16.2 Å². The van der Waals surface area contributed by atoms with Crippen molar-refractivity contribution in [3.63, 3.8) is 0 Å². The Bertz CT molecular complexity index is 1570. The predicted octanol–water partition coefficient (Wildman–Crippen LogP) is 7.08. The molecule has 0 spiro atoms. The van der Waals surface area contributed by atoms with E-state index in [4.69, 9.17) is 11.6 Å². The van der Waals surface area contributed by atoms with Crippen LogP contribution in [0.1, 0.15) is 33.6 Å². The third kappa shape index (κ3) is 6.08. The lowest BCUT2D eigenvalue weighted by Gasteiger charge is -2.36. The van der Waals surface area contributed by atoms with E-state index in [9.17, 15) is 14.0 Å². The summed E-state index contributed by atoms with van der Waals surface area (Å²) < 4.78 is 14.0. The summed E-state index contributed by atoms with van der Waals surface area (Å²) in [5.41, 5.74) is 4.93. The zero-order valence-electron chi connectivity index (χ0n) is 22.7. The molecule has 5 nitrogen and oxygen atoms in total. The van der Waals surface area contributed by atoms with Crippen LogP contribution in [0.15, 0.2) is 78.2 Å². The van der Waals surface area contributed by atoms with Gasteiger partial charge in [-0.05, 0) is 71.9 Å². The van der Waals surface area contributed by atoms with Crippen molar-refractivity contribution in [1.29, 1.82) is 0 Å². The van der Waals surface area contributed by atoms with E-state index in [0.29, 0.717) is 28.3 Å². The number of carbonyl (C=O) groups excluding carboxylic acids is 2. The molecule has 4 aromatic rings. The van der Waals surface area contributed by atoms with Gasteiger partial charge in [-0.2, -0.15) is 0 Å². The minimum absolute atomic E-state index is 0.0571. The maximum atomic E-state index is 14.0. The minimum atomic E-state index is -0.406.